The number of nitrogens with zero attached hydrogens (tertiary/aromatic N) is 4. The smallest absolute Gasteiger partial charge is 0.320 e. The molecule has 6 rings (SSSR count). The van der Waals surface area contributed by atoms with Gasteiger partial charge in [0, 0.05) is 63.1 Å². The number of rotatable bonds is 10. The number of aryl methyl sites for hydroxylation is 1. The summed E-state index contributed by atoms with van der Waals surface area (Å²) >= 11 is 0. The zero-order valence-electron chi connectivity index (χ0n) is 27.9. The summed E-state index contributed by atoms with van der Waals surface area (Å²) in [6.07, 6.45) is 6.84. The summed E-state index contributed by atoms with van der Waals surface area (Å²) in [5.74, 6) is 0.251. The lowest BCUT2D eigenvalue weighted by atomic mass is 9.94. The van der Waals surface area contributed by atoms with Gasteiger partial charge in [0.15, 0.2) is 0 Å². The first-order valence-electron chi connectivity index (χ1n) is 16.8. The van der Waals surface area contributed by atoms with Crippen LogP contribution in [0.1, 0.15) is 59.5 Å². The summed E-state index contributed by atoms with van der Waals surface area (Å²) in [5.41, 5.74) is 3.52. The maximum absolute atomic E-state index is 13.8. The van der Waals surface area contributed by atoms with Crippen LogP contribution in [0.25, 0.3) is 16.9 Å². The number of amides is 3. The van der Waals surface area contributed by atoms with Crippen LogP contribution < -0.4 is 21.5 Å². The van der Waals surface area contributed by atoms with Crippen LogP contribution in [-0.2, 0) is 11.8 Å². The van der Waals surface area contributed by atoms with Gasteiger partial charge in [0.25, 0.3) is 11.5 Å². The van der Waals surface area contributed by atoms with E-state index >= 15 is 0 Å². The van der Waals surface area contributed by atoms with Gasteiger partial charge in [-0.3, -0.25) is 19.8 Å². The van der Waals surface area contributed by atoms with Crippen molar-refractivity contribution in [3.8, 4) is 16.9 Å². The molecule has 0 radical (unpaired) electrons. The highest BCUT2D eigenvalue weighted by molar-refractivity contribution is 5.96. The van der Waals surface area contributed by atoms with Crippen LogP contribution in [0.5, 0.6) is 0 Å². The Labute approximate surface area is 281 Å². The fourth-order valence-corrected chi connectivity index (χ4v) is 6.97. The molecule has 0 bridgehead atoms. The molecule has 4 aromatic rings. The van der Waals surface area contributed by atoms with Crippen molar-refractivity contribution in [1.82, 2.24) is 29.9 Å². The number of pyridine rings is 1. The zero-order valence-corrected chi connectivity index (χ0v) is 27.9. The van der Waals surface area contributed by atoms with Crippen LogP contribution in [0.2, 0.25) is 0 Å². The first kappa shape index (κ1) is 33.2. The number of hydrogen-bond acceptors (Lipinski definition) is 6. The van der Waals surface area contributed by atoms with E-state index in [9.17, 15) is 14.4 Å². The van der Waals surface area contributed by atoms with E-state index < -0.39 is 0 Å². The van der Waals surface area contributed by atoms with Crippen LogP contribution in [0.15, 0.2) is 77.7 Å². The number of ether oxygens (including phenoxy) is 1. The second-order valence-corrected chi connectivity index (χ2v) is 12.9. The third kappa shape index (κ3) is 7.37. The molecule has 11 nitrogen and oxygen atoms in total. The lowest BCUT2D eigenvalue weighted by Gasteiger charge is -2.22. The molecule has 2 atom stereocenters. The molecular weight excluding hydrogens is 606 g/mol. The van der Waals surface area contributed by atoms with Crippen molar-refractivity contribution >= 4 is 17.8 Å². The van der Waals surface area contributed by atoms with Crippen molar-refractivity contribution in [2.45, 2.75) is 57.0 Å². The Kier molecular flexibility index (Phi) is 10.4. The molecule has 1 saturated heterocycles. The topological polar surface area (TPSA) is 123 Å². The third-order valence-corrected chi connectivity index (χ3v) is 9.55. The monoisotopic (exact) mass is 651 g/mol. The average molecular weight is 652 g/mol. The lowest BCUT2D eigenvalue weighted by molar-refractivity contribution is 0.0925. The van der Waals surface area contributed by atoms with Gasteiger partial charge in [0.05, 0.1) is 24.0 Å². The number of hydrogen-bond donors (Lipinski definition) is 3. The van der Waals surface area contributed by atoms with Gasteiger partial charge in [-0.2, -0.15) is 5.10 Å². The van der Waals surface area contributed by atoms with Gasteiger partial charge in [-0.05, 0) is 43.5 Å². The van der Waals surface area contributed by atoms with Crippen molar-refractivity contribution in [1.29, 1.82) is 0 Å². The van der Waals surface area contributed by atoms with Crippen molar-refractivity contribution < 1.29 is 14.3 Å². The number of methoxy groups -OCH3 is 1. The highest BCUT2D eigenvalue weighted by atomic mass is 16.5. The van der Waals surface area contributed by atoms with Crippen LogP contribution in [0.4, 0.5) is 10.6 Å². The van der Waals surface area contributed by atoms with Crippen molar-refractivity contribution in [3.63, 3.8) is 0 Å². The summed E-state index contributed by atoms with van der Waals surface area (Å²) in [7, 11) is 3.34. The molecular formula is C37H45N7O4. The van der Waals surface area contributed by atoms with Crippen LogP contribution in [0.3, 0.4) is 0 Å². The van der Waals surface area contributed by atoms with E-state index in [1.807, 2.05) is 55.5 Å². The molecule has 0 unspecified atom stereocenters. The molecule has 3 N–H and O–H groups in total. The number of likely N-dealkylation sites (tertiary alicyclic amines) is 1. The Morgan fingerprint density at radius 3 is 2.38 bits per heavy atom. The van der Waals surface area contributed by atoms with E-state index in [2.05, 4.69) is 33.0 Å². The van der Waals surface area contributed by atoms with Gasteiger partial charge in [-0.15, -0.1) is 0 Å². The van der Waals surface area contributed by atoms with Gasteiger partial charge in [-0.1, -0.05) is 67.8 Å². The molecule has 3 amide bonds. The summed E-state index contributed by atoms with van der Waals surface area (Å²) in [5, 5.41) is 14.4. The summed E-state index contributed by atoms with van der Waals surface area (Å²) in [4.78, 5) is 42.6. The van der Waals surface area contributed by atoms with Crippen molar-refractivity contribution in [2.75, 3.05) is 38.7 Å². The summed E-state index contributed by atoms with van der Waals surface area (Å²) in [6, 6.07) is 21.1. The number of aromatic nitrogens is 3. The second kappa shape index (κ2) is 15.0. The van der Waals surface area contributed by atoms with Crippen molar-refractivity contribution in [2.24, 2.45) is 7.05 Å². The SMILES string of the molecule is COCCN1C[C@@H](NC(=O)Nc2c(C)c(-c3cc(C(=O)NC4CCCCC4)c(=O)n(C)c3)nn2-c2ccccc2)[C@H](c2ccccc2)C1. The van der Waals surface area contributed by atoms with Gasteiger partial charge in [-0.25, -0.2) is 9.48 Å². The lowest BCUT2D eigenvalue weighted by Crippen LogP contribution is -2.42. The zero-order chi connectivity index (χ0) is 33.6. The molecule has 2 aromatic heterocycles. The molecule has 1 saturated carbocycles. The number of para-hydroxylation sites is 1. The second-order valence-electron chi connectivity index (χ2n) is 12.9. The Balaban J connectivity index is 1.30. The predicted octanol–water partition coefficient (Wildman–Crippen LogP) is 4.84. The summed E-state index contributed by atoms with van der Waals surface area (Å²) in [6.45, 7) is 4.80. The molecule has 11 heteroatoms. The number of nitrogens with one attached hydrogen (secondary N) is 3. The van der Waals surface area contributed by atoms with Crippen molar-refractivity contribution in [3.05, 3.63) is 100.0 Å². The van der Waals surface area contributed by atoms with E-state index in [4.69, 9.17) is 9.84 Å². The summed E-state index contributed by atoms with van der Waals surface area (Å²) < 4.78 is 8.44. The maximum Gasteiger partial charge on any atom is 0.320 e. The molecule has 2 fully saturated rings. The number of anilines is 1. The minimum absolute atomic E-state index is 0.0707. The van der Waals surface area contributed by atoms with Gasteiger partial charge in [0.2, 0.25) is 0 Å². The number of carbonyl (C=O) groups is 2. The van der Waals surface area contributed by atoms with E-state index in [1.165, 1.54) is 16.6 Å². The third-order valence-electron chi connectivity index (χ3n) is 9.55. The molecule has 48 heavy (non-hydrogen) atoms. The fraction of sp³-hybridized carbons (Fsp3) is 0.405. The predicted molar refractivity (Wildman–Crippen MR) is 187 cm³/mol. The molecule has 1 aliphatic carbocycles. The minimum atomic E-state index is -0.369. The van der Waals surface area contributed by atoms with Gasteiger partial charge < -0.3 is 19.9 Å². The van der Waals surface area contributed by atoms with E-state index in [0.29, 0.717) is 35.8 Å². The maximum atomic E-state index is 13.8. The Morgan fingerprint density at radius 1 is 0.958 bits per heavy atom. The first-order valence-corrected chi connectivity index (χ1v) is 16.8. The molecule has 2 aromatic carbocycles. The largest absolute Gasteiger partial charge is 0.383 e. The van der Waals surface area contributed by atoms with Gasteiger partial charge >= 0.3 is 6.03 Å². The Morgan fingerprint density at radius 2 is 1.67 bits per heavy atom. The Hall–Kier alpha value is -4.74. The Bertz CT molecular complexity index is 1780. The van der Waals surface area contributed by atoms with Crippen LogP contribution >= 0.6 is 0 Å². The molecule has 2 aliphatic rings. The van der Waals surface area contributed by atoms with Crippen LogP contribution in [-0.4, -0.2) is 76.6 Å². The standard InChI is InChI=1S/C37H45N7O4/c1-25-33(27-21-30(36(46)42(2)22-27)35(45)38-28-15-9-5-10-16-28)41-44(29-17-11-6-12-18-29)34(25)40-37(47)39-32-24-43(19-20-48-3)23-31(32)26-13-7-4-8-14-26/h4,6-8,11-14,17-18,21-22,28,31-32H,5,9-10,15-16,19-20,23-24H2,1-3H3,(H,38,45)(H2,39,40,47)/t31-,32+/m0/s1. The number of carbonyl (C=O) groups excluding carboxylic acids is 2. The van der Waals surface area contributed by atoms with E-state index in [1.54, 1.807) is 31.1 Å². The van der Waals surface area contributed by atoms with E-state index in [-0.39, 0.29) is 41.1 Å². The molecule has 3 heterocycles. The van der Waals surface area contributed by atoms with Gasteiger partial charge in [0.1, 0.15) is 11.4 Å². The fourth-order valence-electron chi connectivity index (χ4n) is 6.97. The molecule has 1 aliphatic heterocycles. The number of urea groups is 1. The molecule has 252 valence electrons. The quantitative estimate of drug-likeness (QED) is 0.226. The first-order chi connectivity index (χ1) is 23.3. The minimum Gasteiger partial charge on any atom is -0.383 e. The van der Waals surface area contributed by atoms with E-state index in [0.717, 1.165) is 44.5 Å². The highest BCUT2D eigenvalue weighted by Crippen LogP contribution is 2.32. The average Bonchev–Trinajstić information content (AvgIpc) is 3.66. The normalized spacial score (nSPS) is 18.5. The molecule has 0 spiro atoms. The number of benzene rings is 2. The van der Waals surface area contributed by atoms with Crippen LogP contribution in [0, 0.1) is 6.92 Å². The highest BCUT2D eigenvalue weighted by Gasteiger charge is 2.35.